The van der Waals surface area contributed by atoms with Gasteiger partial charge in [-0.2, -0.15) is 0 Å². The summed E-state index contributed by atoms with van der Waals surface area (Å²) in [5.74, 6) is -0.0142. The molecule has 1 aromatic heterocycles. The second-order valence-corrected chi connectivity index (χ2v) is 8.49. The Hall–Kier alpha value is -4.73. The van der Waals surface area contributed by atoms with E-state index in [4.69, 9.17) is 9.47 Å². The Labute approximate surface area is 209 Å². The number of rotatable bonds is 8. The standard InChI is InChI=1S/C27H22FN3O6/c28-19-8-6-18(7-9-19)22(32)15-31-21-4-2-1-3-20(21)26(34)30(27(31)35)12-11-25(33)29-14-17-5-10-23-24(13-17)37-16-36-23/h1-10,13H,11-12,14-16H2,(H,29,33). The van der Waals surface area contributed by atoms with E-state index in [-0.39, 0.29) is 49.7 Å². The van der Waals surface area contributed by atoms with E-state index in [9.17, 15) is 23.6 Å². The van der Waals surface area contributed by atoms with Gasteiger partial charge in [0.05, 0.1) is 17.4 Å². The maximum atomic E-state index is 13.3. The summed E-state index contributed by atoms with van der Waals surface area (Å²) in [6.07, 6.45) is -0.121. The predicted molar refractivity (Wildman–Crippen MR) is 132 cm³/mol. The molecule has 2 heterocycles. The summed E-state index contributed by atoms with van der Waals surface area (Å²) in [5.41, 5.74) is 0.0917. The summed E-state index contributed by atoms with van der Waals surface area (Å²) in [6.45, 7) is -0.126. The summed E-state index contributed by atoms with van der Waals surface area (Å²) in [4.78, 5) is 51.7. The van der Waals surface area contributed by atoms with Gasteiger partial charge in [-0.3, -0.25) is 23.5 Å². The van der Waals surface area contributed by atoms with Crippen LogP contribution in [-0.4, -0.2) is 27.6 Å². The lowest BCUT2D eigenvalue weighted by Gasteiger charge is -2.14. The summed E-state index contributed by atoms with van der Waals surface area (Å²) < 4.78 is 26.0. The molecule has 3 aromatic carbocycles. The number of ether oxygens (including phenoxy) is 2. The van der Waals surface area contributed by atoms with Gasteiger partial charge in [0.25, 0.3) is 5.56 Å². The number of hydrogen-bond donors (Lipinski definition) is 1. The van der Waals surface area contributed by atoms with E-state index >= 15 is 0 Å². The Bertz CT molecular complexity index is 1620. The lowest BCUT2D eigenvalue weighted by molar-refractivity contribution is -0.121. The van der Waals surface area contributed by atoms with Crippen molar-refractivity contribution in [1.29, 1.82) is 0 Å². The Balaban J connectivity index is 1.34. The van der Waals surface area contributed by atoms with E-state index in [0.717, 1.165) is 22.3 Å². The van der Waals surface area contributed by atoms with Gasteiger partial charge in [-0.15, -0.1) is 0 Å². The Morgan fingerprint density at radius 2 is 1.68 bits per heavy atom. The van der Waals surface area contributed by atoms with E-state index < -0.39 is 22.8 Å². The van der Waals surface area contributed by atoms with Crippen molar-refractivity contribution in [3.63, 3.8) is 0 Å². The van der Waals surface area contributed by atoms with Crippen molar-refractivity contribution in [2.45, 2.75) is 26.1 Å². The highest BCUT2D eigenvalue weighted by molar-refractivity contribution is 5.96. The van der Waals surface area contributed by atoms with E-state index in [2.05, 4.69) is 5.32 Å². The molecular weight excluding hydrogens is 481 g/mol. The van der Waals surface area contributed by atoms with Crippen LogP contribution in [0.4, 0.5) is 4.39 Å². The summed E-state index contributed by atoms with van der Waals surface area (Å²) in [7, 11) is 0. The molecule has 9 nitrogen and oxygen atoms in total. The van der Waals surface area contributed by atoms with Crippen LogP contribution in [0.5, 0.6) is 11.5 Å². The molecule has 10 heteroatoms. The molecule has 1 aliphatic rings. The van der Waals surface area contributed by atoms with Crippen LogP contribution in [0.1, 0.15) is 22.3 Å². The zero-order valence-electron chi connectivity index (χ0n) is 19.6. The number of benzene rings is 3. The molecule has 0 bridgehead atoms. The third-order valence-electron chi connectivity index (χ3n) is 6.09. The van der Waals surface area contributed by atoms with Gasteiger partial charge in [0.2, 0.25) is 12.7 Å². The molecule has 1 amide bonds. The third kappa shape index (κ3) is 4.99. The number of hydrogen-bond acceptors (Lipinski definition) is 6. The second kappa shape index (κ2) is 10.1. The summed E-state index contributed by atoms with van der Waals surface area (Å²) >= 11 is 0. The number of fused-ring (bicyclic) bond motifs is 2. The molecule has 0 aliphatic carbocycles. The quantitative estimate of drug-likeness (QED) is 0.371. The Kier molecular flexibility index (Phi) is 6.55. The summed E-state index contributed by atoms with van der Waals surface area (Å²) in [5, 5.41) is 3.01. The zero-order chi connectivity index (χ0) is 25.9. The second-order valence-electron chi connectivity index (χ2n) is 8.49. The largest absolute Gasteiger partial charge is 0.454 e. The Morgan fingerprint density at radius 3 is 2.49 bits per heavy atom. The molecule has 1 N–H and O–H groups in total. The first kappa shape index (κ1) is 24.0. The number of nitrogens with one attached hydrogen (secondary N) is 1. The number of carbonyl (C=O) groups is 2. The number of amides is 1. The highest BCUT2D eigenvalue weighted by Crippen LogP contribution is 2.32. The highest BCUT2D eigenvalue weighted by Gasteiger charge is 2.17. The average molecular weight is 503 g/mol. The van der Waals surface area contributed by atoms with Crippen molar-refractivity contribution in [3.05, 3.63) is 105 Å². The predicted octanol–water partition coefficient (Wildman–Crippen LogP) is 2.62. The number of para-hydroxylation sites is 1. The van der Waals surface area contributed by atoms with Crippen molar-refractivity contribution in [3.8, 4) is 11.5 Å². The van der Waals surface area contributed by atoms with Crippen LogP contribution in [0.2, 0.25) is 0 Å². The summed E-state index contributed by atoms with van der Waals surface area (Å²) in [6, 6.07) is 16.8. The van der Waals surface area contributed by atoms with E-state index in [1.165, 1.54) is 16.7 Å². The molecule has 4 aromatic rings. The monoisotopic (exact) mass is 503 g/mol. The number of aromatic nitrogens is 2. The fraction of sp³-hybridized carbons (Fsp3) is 0.185. The van der Waals surface area contributed by atoms with Crippen LogP contribution in [0.15, 0.2) is 76.3 Å². The molecule has 0 fully saturated rings. The average Bonchev–Trinajstić information content (AvgIpc) is 3.38. The fourth-order valence-electron chi connectivity index (χ4n) is 4.14. The van der Waals surface area contributed by atoms with Gasteiger partial charge in [0.1, 0.15) is 5.82 Å². The van der Waals surface area contributed by atoms with Crippen LogP contribution in [0, 0.1) is 5.82 Å². The smallest absolute Gasteiger partial charge is 0.331 e. The first-order chi connectivity index (χ1) is 17.9. The molecule has 0 radical (unpaired) electrons. The normalized spacial score (nSPS) is 12.0. The first-order valence-corrected chi connectivity index (χ1v) is 11.6. The van der Waals surface area contributed by atoms with Gasteiger partial charge in [-0.05, 0) is 54.1 Å². The molecule has 0 saturated heterocycles. The van der Waals surface area contributed by atoms with Crippen molar-refractivity contribution in [2.24, 2.45) is 0 Å². The molecule has 188 valence electrons. The molecule has 37 heavy (non-hydrogen) atoms. The van der Waals surface area contributed by atoms with Crippen LogP contribution in [0.3, 0.4) is 0 Å². The third-order valence-corrected chi connectivity index (χ3v) is 6.09. The molecule has 5 rings (SSSR count). The highest BCUT2D eigenvalue weighted by atomic mass is 19.1. The van der Waals surface area contributed by atoms with Gasteiger partial charge in [0, 0.05) is 25.1 Å². The molecule has 1 aliphatic heterocycles. The number of nitrogens with zero attached hydrogens (tertiary/aromatic N) is 2. The van der Waals surface area contributed by atoms with Crippen LogP contribution in [0.25, 0.3) is 10.9 Å². The molecule has 0 atom stereocenters. The first-order valence-electron chi connectivity index (χ1n) is 11.6. The minimum atomic E-state index is -0.706. The van der Waals surface area contributed by atoms with Crippen molar-refractivity contribution >= 4 is 22.6 Å². The van der Waals surface area contributed by atoms with E-state index in [0.29, 0.717) is 17.0 Å². The lowest BCUT2D eigenvalue weighted by atomic mass is 10.1. The lowest BCUT2D eigenvalue weighted by Crippen LogP contribution is -2.42. The Morgan fingerprint density at radius 1 is 0.919 bits per heavy atom. The molecule has 0 unspecified atom stereocenters. The topological polar surface area (TPSA) is 109 Å². The van der Waals surface area contributed by atoms with Gasteiger partial charge in [-0.25, -0.2) is 9.18 Å². The fourth-order valence-corrected chi connectivity index (χ4v) is 4.14. The molecule has 0 spiro atoms. The minimum Gasteiger partial charge on any atom is -0.454 e. The van der Waals surface area contributed by atoms with Crippen LogP contribution < -0.4 is 26.0 Å². The van der Waals surface area contributed by atoms with Crippen molar-refractivity contribution < 1.29 is 23.5 Å². The van der Waals surface area contributed by atoms with Gasteiger partial charge in [0.15, 0.2) is 17.3 Å². The number of Topliss-reactive ketones (excluding diaryl/α,β-unsaturated/α-hetero) is 1. The van der Waals surface area contributed by atoms with E-state index in [1.807, 2.05) is 0 Å². The minimum absolute atomic E-state index is 0.121. The van der Waals surface area contributed by atoms with Crippen molar-refractivity contribution in [1.82, 2.24) is 14.5 Å². The van der Waals surface area contributed by atoms with Crippen LogP contribution in [-0.2, 0) is 24.4 Å². The van der Waals surface area contributed by atoms with Gasteiger partial charge >= 0.3 is 5.69 Å². The SMILES string of the molecule is O=C(CCn1c(=O)c2ccccc2n(CC(=O)c2ccc(F)cc2)c1=O)NCc1ccc2c(c1)OCO2. The maximum Gasteiger partial charge on any atom is 0.331 e. The molecule has 0 saturated carbocycles. The van der Waals surface area contributed by atoms with Crippen LogP contribution >= 0.6 is 0 Å². The number of carbonyl (C=O) groups excluding carboxylic acids is 2. The van der Waals surface area contributed by atoms with Gasteiger partial charge in [-0.1, -0.05) is 18.2 Å². The van der Waals surface area contributed by atoms with Crippen molar-refractivity contribution in [2.75, 3.05) is 6.79 Å². The maximum absolute atomic E-state index is 13.3. The number of ketones is 1. The van der Waals surface area contributed by atoms with E-state index in [1.54, 1.807) is 42.5 Å². The number of halogens is 1. The van der Waals surface area contributed by atoms with Gasteiger partial charge < -0.3 is 14.8 Å². The zero-order valence-corrected chi connectivity index (χ0v) is 19.6. The molecular formula is C27H22FN3O6.